The summed E-state index contributed by atoms with van der Waals surface area (Å²) in [5.74, 6) is -1.12. The molecule has 0 radical (unpaired) electrons. The van der Waals surface area contributed by atoms with Crippen LogP contribution >= 0.6 is 11.6 Å². The second-order valence-electron chi connectivity index (χ2n) is 6.42. The lowest BCUT2D eigenvalue weighted by molar-refractivity contribution is -0.144. The van der Waals surface area contributed by atoms with Gasteiger partial charge in [-0.1, -0.05) is 48.0 Å². The normalized spacial score (nSPS) is 14.9. The maximum atomic E-state index is 12.4. The first-order chi connectivity index (χ1) is 12.5. The Labute approximate surface area is 158 Å². The Bertz CT molecular complexity index is 787. The van der Waals surface area contributed by atoms with Crippen molar-refractivity contribution < 1.29 is 9.59 Å². The number of piperazine rings is 1. The molecule has 1 N–H and O–H groups in total. The summed E-state index contributed by atoms with van der Waals surface area (Å²) in [4.78, 5) is 28.6. The number of carbonyl (C=O) groups excluding carboxylic acids is 2. The van der Waals surface area contributed by atoms with E-state index in [4.69, 9.17) is 11.6 Å². The summed E-state index contributed by atoms with van der Waals surface area (Å²) in [5, 5.41) is 3.23. The van der Waals surface area contributed by atoms with Crippen LogP contribution in [-0.2, 0) is 16.1 Å². The van der Waals surface area contributed by atoms with Crippen LogP contribution in [0.4, 0.5) is 5.69 Å². The van der Waals surface area contributed by atoms with E-state index >= 15 is 0 Å². The number of carbonyl (C=O) groups is 2. The van der Waals surface area contributed by atoms with E-state index in [1.807, 2.05) is 25.1 Å². The molecule has 5 nitrogen and oxygen atoms in total. The first kappa shape index (κ1) is 18.4. The predicted molar refractivity (Wildman–Crippen MR) is 103 cm³/mol. The van der Waals surface area contributed by atoms with Gasteiger partial charge in [0.25, 0.3) is 0 Å². The highest BCUT2D eigenvalue weighted by Crippen LogP contribution is 2.23. The monoisotopic (exact) mass is 371 g/mol. The molecule has 0 aliphatic carbocycles. The number of halogens is 1. The quantitative estimate of drug-likeness (QED) is 0.844. The fourth-order valence-corrected chi connectivity index (χ4v) is 3.19. The maximum absolute atomic E-state index is 12.4. The lowest BCUT2D eigenvalue weighted by Crippen LogP contribution is -2.51. The second-order valence-corrected chi connectivity index (χ2v) is 6.83. The van der Waals surface area contributed by atoms with E-state index in [-0.39, 0.29) is 0 Å². The van der Waals surface area contributed by atoms with Gasteiger partial charge in [0, 0.05) is 43.4 Å². The van der Waals surface area contributed by atoms with Gasteiger partial charge in [-0.3, -0.25) is 14.5 Å². The summed E-state index contributed by atoms with van der Waals surface area (Å²) in [7, 11) is 0. The molecule has 2 aromatic rings. The van der Waals surface area contributed by atoms with E-state index in [2.05, 4.69) is 22.3 Å². The van der Waals surface area contributed by atoms with Crippen LogP contribution in [0.1, 0.15) is 11.1 Å². The summed E-state index contributed by atoms with van der Waals surface area (Å²) < 4.78 is 0. The van der Waals surface area contributed by atoms with E-state index in [0.717, 1.165) is 25.2 Å². The van der Waals surface area contributed by atoms with Crippen LogP contribution < -0.4 is 5.32 Å². The Balaban J connectivity index is 1.53. The minimum atomic E-state index is -0.619. The van der Waals surface area contributed by atoms with Crippen molar-refractivity contribution in [1.82, 2.24) is 9.80 Å². The van der Waals surface area contributed by atoms with E-state index in [1.54, 1.807) is 23.1 Å². The fourth-order valence-electron chi connectivity index (χ4n) is 3.01. The molecule has 0 bridgehead atoms. The van der Waals surface area contributed by atoms with E-state index < -0.39 is 11.8 Å². The molecule has 3 rings (SSSR count). The molecule has 0 saturated carbocycles. The molecule has 0 spiro atoms. The molecular weight excluding hydrogens is 350 g/mol. The molecule has 6 heteroatoms. The molecule has 2 amide bonds. The molecule has 26 heavy (non-hydrogen) atoms. The number of nitrogens with one attached hydrogen (secondary N) is 1. The van der Waals surface area contributed by atoms with Crippen molar-refractivity contribution in [3.8, 4) is 0 Å². The van der Waals surface area contributed by atoms with Gasteiger partial charge < -0.3 is 10.2 Å². The van der Waals surface area contributed by atoms with Gasteiger partial charge in [-0.25, -0.2) is 0 Å². The minimum Gasteiger partial charge on any atom is -0.332 e. The molecular formula is C20H22ClN3O2. The number of nitrogens with zero attached hydrogens (tertiary/aromatic N) is 2. The summed E-state index contributed by atoms with van der Waals surface area (Å²) in [6.07, 6.45) is 0. The number of anilines is 1. The Hall–Kier alpha value is -2.37. The molecule has 0 aromatic heterocycles. The van der Waals surface area contributed by atoms with Crippen molar-refractivity contribution in [2.75, 3.05) is 31.5 Å². The van der Waals surface area contributed by atoms with Crippen LogP contribution in [0.25, 0.3) is 0 Å². The van der Waals surface area contributed by atoms with Crippen LogP contribution in [0.3, 0.4) is 0 Å². The first-order valence-corrected chi connectivity index (χ1v) is 9.04. The molecule has 1 aliphatic heterocycles. The molecule has 2 aromatic carbocycles. The molecule has 1 saturated heterocycles. The van der Waals surface area contributed by atoms with Gasteiger partial charge in [-0.15, -0.1) is 0 Å². The van der Waals surface area contributed by atoms with Gasteiger partial charge in [0.15, 0.2) is 0 Å². The number of amides is 2. The third-order valence-corrected chi connectivity index (χ3v) is 5.03. The Kier molecular flexibility index (Phi) is 5.91. The van der Waals surface area contributed by atoms with Crippen molar-refractivity contribution in [3.63, 3.8) is 0 Å². The standard InChI is InChI=1S/C20H22ClN3O2/c1-15-17(21)8-5-9-18(15)22-19(25)20(26)24-12-10-23(11-13-24)14-16-6-3-2-4-7-16/h2-9H,10-14H2,1H3,(H,22,25). The van der Waals surface area contributed by atoms with Crippen LogP contribution in [0.5, 0.6) is 0 Å². The number of hydrogen-bond donors (Lipinski definition) is 1. The Morgan fingerprint density at radius 1 is 1.00 bits per heavy atom. The highest BCUT2D eigenvalue weighted by molar-refractivity contribution is 6.40. The average molecular weight is 372 g/mol. The van der Waals surface area contributed by atoms with Gasteiger partial charge in [-0.05, 0) is 30.2 Å². The zero-order valence-electron chi connectivity index (χ0n) is 14.7. The van der Waals surface area contributed by atoms with Crippen molar-refractivity contribution in [2.45, 2.75) is 13.5 Å². The summed E-state index contributed by atoms with van der Waals surface area (Å²) in [5.41, 5.74) is 2.57. The summed E-state index contributed by atoms with van der Waals surface area (Å²) in [6.45, 7) is 5.27. The maximum Gasteiger partial charge on any atom is 0.313 e. The Morgan fingerprint density at radius 2 is 1.69 bits per heavy atom. The third kappa shape index (κ3) is 4.42. The van der Waals surface area contributed by atoms with Gasteiger partial charge in [0.1, 0.15) is 0 Å². The molecule has 136 valence electrons. The minimum absolute atomic E-state index is 0.497. The molecule has 1 aliphatic rings. The topological polar surface area (TPSA) is 52.7 Å². The molecule has 0 unspecified atom stereocenters. The van der Waals surface area contributed by atoms with E-state index in [0.29, 0.717) is 23.8 Å². The molecule has 1 fully saturated rings. The van der Waals surface area contributed by atoms with E-state index in [1.165, 1.54) is 5.56 Å². The average Bonchev–Trinajstić information content (AvgIpc) is 2.66. The molecule has 0 atom stereocenters. The zero-order valence-corrected chi connectivity index (χ0v) is 15.5. The van der Waals surface area contributed by atoms with Gasteiger partial charge in [0.05, 0.1) is 0 Å². The zero-order chi connectivity index (χ0) is 18.5. The van der Waals surface area contributed by atoms with E-state index in [9.17, 15) is 9.59 Å². The third-order valence-electron chi connectivity index (χ3n) is 4.62. The first-order valence-electron chi connectivity index (χ1n) is 8.66. The van der Waals surface area contributed by atoms with Crippen LogP contribution in [0.15, 0.2) is 48.5 Å². The van der Waals surface area contributed by atoms with Gasteiger partial charge in [-0.2, -0.15) is 0 Å². The van der Waals surface area contributed by atoms with Crippen molar-refractivity contribution >= 4 is 29.1 Å². The van der Waals surface area contributed by atoms with Crippen molar-refractivity contribution in [3.05, 3.63) is 64.7 Å². The SMILES string of the molecule is Cc1c(Cl)cccc1NC(=O)C(=O)N1CCN(Cc2ccccc2)CC1. The Morgan fingerprint density at radius 3 is 2.38 bits per heavy atom. The number of benzene rings is 2. The van der Waals surface area contributed by atoms with Crippen LogP contribution in [-0.4, -0.2) is 47.8 Å². The van der Waals surface area contributed by atoms with Gasteiger partial charge in [0.2, 0.25) is 0 Å². The van der Waals surface area contributed by atoms with Crippen LogP contribution in [0, 0.1) is 6.92 Å². The van der Waals surface area contributed by atoms with Gasteiger partial charge >= 0.3 is 11.8 Å². The summed E-state index contributed by atoms with van der Waals surface area (Å²) in [6, 6.07) is 15.5. The number of hydrogen-bond acceptors (Lipinski definition) is 3. The fraction of sp³-hybridized carbons (Fsp3) is 0.300. The van der Waals surface area contributed by atoms with Crippen molar-refractivity contribution in [2.24, 2.45) is 0 Å². The van der Waals surface area contributed by atoms with Crippen molar-refractivity contribution in [1.29, 1.82) is 0 Å². The molecule has 1 heterocycles. The summed E-state index contributed by atoms with van der Waals surface area (Å²) >= 11 is 6.06. The number of rotatable bonds is 3. The predicted octanol–water partition coefficient (Wildman–Crippen LogP) is 2.93. The second kappa shape index (κ2) is 8.34. The smallest absolute Gasteiger partial charge is 0.313 e. The highest BCUT2D eigenvalue weighted by Gasteiger charge is 2.26. The van der Waals surface area contributed by atoms with Crippen LogP contribution in [0.2, 0.25) is 5.02 Å². The largest absolute Gasteiger partial charge is 0.332 e. The lowest BCUT2D eigenvalue weighted by atomic mass is 10.2. The lowest BCUT2D eigenvalue weighted by Gasteiger charge is -2.34. The highest BCUT2D eigenvalue weighted by atomic mass is 35.5.